The summed E-state index contributed by atoms with van der Waals surface area (Å²) in [7, 11) is 0. The molecule has 4 rings (SSSR count). The molecule has 0 N–H and O–H groups in total. The van der Waals surface area contributed by atoms with Crippen LogP contribution in [-0.2, 0) is 6.54 Å². The molecule has 0 saturated heterocycles. The summed E-state index contributed by atoms with van der Waals surface area (Å²) in [5, 5.41) is 9.69. The summed E-state index contributed by atoms with van der Waals surface area (Å²) >= 11 is 0. The molecule has 0 radical (unpaired) electrons. The number of pyridine rings is 1. The van der Waals surface area contributed by atoms with E-state index >= 15 is 0 Å². The van der Waals surface area contributed by atoms with Crippen molar-refractivity contribution in [2.24, 2.45) is 27.7 Å². The van der Waals surface area contributed by atoms with Crippen molar-refractivity contribution >= 4 is 12.4 Å². The number of halogens is 1. The fourth-order valence-electron chi connectivity index (χ4n) is 5.61. The Morgan fingerprint density at radius 3 is 2.72 bits per heavy atom. The highest BCUT2D eigenvalue weighted by Gasteiger charge is 2.40. The van der Waals surface area contributed by atoms with E-state index in [1.807, 2.05) is 18.3 Å². The SMILES string of the molecule is C=C/C=C(\C(=C)F)C(=NCc1ccnc(C2CC2)c1)C1=C(N=C)C2CC(C#N)=CC(CC=C)C2CC1. The van der Waals surface area contributed by atoms with E-state index in [1.165, 1.54) is 12.8 Å². The van der Waals surface area contributed by atoms with Gasteiger partial charge in [-0.2, -0.15) is 5.26 Å². The number of nitrogens with zero attached hydrogens (tertiary/aromatic N) is 4. The largest absolute Gasteiger partial charge is 0.280 e. The van der Waals surface area contributed by atoms with Crippen LogP contribution in [0.3, 0.4) is 0 Å². The third-order valence-corrected chi connectivity index (χ3v) is 7.44. The highest BCUT2D eigenvalue weighted by atomic mass is 19.1. The first kappa shape index (κ1) is 25.4. The van der Waals surface area contributed by atoms with Crippen molar-refractivity contribution in [1.29, 1.82) is 5.26 Å². The number of rotatable bonds is 10. The van der Waals surface area contributed by atoms with Gasteiger partial charge in [-0.1, -0.05) is 37.5 Å². The van der Waals surface area contributed by atoms with Gasteiger partial charge in [0.2, 0.25) is 0 Å². The van der Waals surface area contributed by atoms with Crippen LogP contribution in [0.15, 0.2) is 101 Å². The molecule has 3 aliphatic rings. The maximum Gasteiger partial charge on any atom is 0.125 e. The summed E-state index contributed by atoms with van der Waals surface area (Å²) in [5.74, 6) is 0.563. The molecule has 3 aliphatic carbocycles. The Labute approximate surface area is 213 Å². The number of hydrogen-bond donors (Lipinski definition) is 0. The Hall–Kier alpha value is -3.65. The first-order valence-corrected chi connectivity index (χ1v) is 12.6. The molecule has 3 atom stereocenters. The van der Waals surface area contributed by atoms with Crippen molar-refractivity contribution in [1.82, 2.24) is 4.98 Å². The van der Waals surface area contributed by atoms with Crippen LogP contribution in [0.2, 0.25) is 0 Å². The third kappa shape index (κ3) is 5.44. The van der Waals surface area contributed by atoms with E-state index in [9.17, 15) is 9.65 Å². The first-order chi connectivity index (χ1) is 17.5. The maximum atomic E-state index is 14.8. The van der Waals surface area contributed by atoms with Crippen molar-refractivity contribution < 1.29 is 4.39 Å². The molecule has 36 heavy (non-hydrogen) atoms. The van der Waals surface area contributed by atoms with Crippen LogP contribution in [0, 0.1) is 29.1 Å². The quantitative estimate of drug-likeness (QED) is 0.197. The lowest BCUT2D eigenvalue weighted by Gasteiger charge is -2.40. The molecule has 3 unspecified atom stereocenters. The molecule has 0 aromatic carbocycles. The summed E-state index contributed by atoms with van der Waals surface area (Å²) in [4.78, 5) is 13.9. The van der Waals surface area contributed by atoms with Crippen LogP contribution in [-0.4, -0.2) is 17.4 Å². The molecule has 4 nitrogen and oxygen atoms in total. The van der Waals surface area contributed by atoms with Gasteiger partial charge in [-0.15, -0.1) is 6.58 Å². The summed E-state index contributed by atoms with van der Waals surface area (Å²) in [6.45, 7) is 15.5. The Kier molecular flexibility index (Phi) is 8.05. The average Bonchev–Trinajstić information content (AvgIpc) is 3.73. The molecular weight excluding hydrogens is 447 g/mol. The number of aliphatic imine (C=N–C) groups is 2. The van der Waals surface area contributed by atoms with E-state index in [1.54, 1.807) is 12.2 Å². The molecule has 1 heterocycles. The molecule has 1 aromatic rings. The smallest absolute Gasteiger partial charge is 0.125 e. The molecule has 184 valence electrons. The first-order valence-electron chi connectivity index (χ1n) is 12.6. The topological polar surface area (TPSA) is 61.4 Å². The van der Waals surface area contributed by atoms with E-state index < -0.39 is 5.83 Å². The zero-order valence-corrected chi connectivity index (χ0v) is 20.8. The number of nitriles is 1. The van der Waals surface area contributed by atoms with Gasteiger partial charge in [0.15, 0.2) is 0 Å². The highest BCUT2D eigenvalue weighted by molar-refractivity contribution is 6.15. The zero-order valence-electron chi connectivity index (χ0n) is 20.8. The van der Waals surface area contributed by atoms with Gasteiger partial charge in [-0.3, -0.25) is 15.0 Å². The Morgan fingerprint density at radius 2 is 2.08 bits per heavy atom. The average molecular weight is 481 g/mol. The second kappa shape index (κ2) is 11.4. The van der Waals surface area contributed by atoms with E-state index in [4.69, 9.17) is 4.99 Å². The van der Waals surface area contributed by atoms with Gasteiger partial charge < -0.3 is 0 Å². The number of allylic oxidation sites excluding steroid dienone is 9. The summed E-state index contributed by atoms with van der Waals surface area (Å²) < 4.78 is 14.8. The Balaban J connectivity index is 1.78. The molecule has 0 aliphatic heterocycles. The Morgan fingerprint density at radius 1 is 1.28 bits per heavy atom. The van der Waals surface area contributed by atoms with Gasteiger partial charge in [-0.05, 0) is 80.3 Å². The predicted molar refractivity (Wildman–Crippen MR) is 145 cm³/mol. The van der Waals surface area contributed by atoms with Crippen LogP contribution in [0.4, 0.5) is 4.39 Å². The van der Waals surface area contributed by atoms with E-state index in [0.29, 0.717) is 42.5 Å². The van der Waals surface area contributed by atoms with E-state index in [0.717, 1.165) is 40.9 Å². The van der Waals surface area contributed by atoms with E-state index in [2.05, 4.69) is 54.6 Å². The second-order valence-electron chi connectivity index (χ2n) is 9.78. The standard InChI is InChI=1S/C31H33FN4/c1-5-7-24-15-22(18-33)16-28-26(24)11-12-27(30(28)34-4)31(25(8-6-2)20(3)32)36-19-21-13-14-35-29(17-21)23-9-10-23/h5-6,8,13-15,17,23-24,26,28H,1-4,7,9-12,16,19H2/b25-8+,36-31?. The van der Waals surface area contributed by atoms with Crippen molar-refractivity contribution in [3.8, 4) is 6.07 Å². The van der Waals surface area contributed by atoms with E-state index in [-0.39, 0.29) is 11.8 Å². The molecule has 0 bridgehead atoms. The summed E-state index contributed by atoms with van der Waals surface area (Å²) in [6.07, 6.45) is 14.4. The molecule has 0 spiro atoms. The fraction of sp³-hybridized carbons (Fsp3) is 0.355. The van der Waals surface area contributed by atoms with Gasteiger partial charge in [0.1, 0.15) is 5.83 Å². The van der Waals surface area contributed by atoms with Gasteiger partial charge >= 0.3 is 0 Å². The number of fused-ring (bicyclic) bond motifs is 1. The monoisotopic (exact) mass is 480 g/mol. The fourth-order valence-corrected chi connectivity index (χ4v) is 5.61. The van der Waals surface area contributed by atoms with Gasteiger partial charge in [0.25, 0.3) is 0 Å². The minimum atomic E-state index is -0.564. The summed E-state index contributed by atoms with van der Waals surface area (Å²) in [6, 6.07) is 6.40. The van der Waals surface area contributed by atoms with Crippen molar-refractivity contribution in [3.63, 3.8) is 0 Å². The van der Waals surface area contributed by atoms with Gasteiger partial charge in [-0.25, -0.2) is 4.39 Å². The van der Waals surface area contributed by atoms with Gasteiger partial charge in [0.05, 0.1) is 18.3 Å². The molecule has 1 aromatic heterocycles. The third-order valence-electron chi connectivity index (χ3n) is 7.44. The zero-order chi connectivity index (χ0) is 25.7. The lowest BCUT2D eigenvalue weighted by atomic mass is 9.64. The van der Waals surface area contributed by atoms with Gasteiger partial charge in [0, 0.05) is 40.6 Å². The molecule has 1 saturated carbocycles. The minimum absolute atomic E-state index is 0.0290. The van der Waals surface area contributed by atoms with Crippen LogP contribution in [0.25, 0.3) is 0 Å². The van der Waals surface area contributed by atoms with Crippen molar-refractivity contribution in [2.45, 2.75) is 51.0 Å². The predicted octanol–water partition coefficient (Wildman–Crippen LogP) is 7.52. The second-order valence-corrected chi connectivity index (χ2v) is 9.78. The van der Waals surface area contributed by atoms with Crippen LogP contribution >= 0.6 is 0 Å². The van der Waals surface area contributed by atoms with Crippen LogP contribution in [0.5, 0.6) is 0 Å². The molecule has 1 fully saturated rings. The number of aromatic nitrogens is 1. The highest BCUT2D eigenvalue weighted by Crippen LogP contribution is 2.48. The maximum absolute atomic E-state index is 14.8. The van der Waals surface area contributed by atoms with Crippen LogP contribution < -0.4 is 0 Å². The molecule has 0 amide bonds. The van der Waals surface area contributed by atoms with Crippen LogP contribution in [0.1, 0.15) is 55.7 Å². The summed E-state index contributed by atoms with van der Waals surface area (Å²) in [5.41, 5.74) is 5.43. The molecule has 5 heteroatoms. The van der Waals surface area contributed by atoms with Crippen molar-refractivity contribution in [2.75, 3.05) is 0 Å². The number of hydrogen-bond acceptors (Lipinski definition) is 4. The minimum Gasteiger partial charge on any atom is -0.280 e. The molecular formula is C31H33FN4. The normalized spacial score (nSPS) is 24.3. The Bertz CT molecular complexity index is 1240. The lowest BCUT2D eigenvalue weighted by Crippen LogP contribution is -2.33. The lowest BCUT2D eigenvalue weighted by molar-refractivity contribution is 0.244. The van der Waals surface area contributed by atoms with Crippen molar-refractivity contribution in [3.05, 3.63) is 102 Å².